The molecular weight excluding hydrogens is 387 g/mol. The van der Waals surface area contributed by atoms with Gasteiger partial charge in [-0.1, -0.05) is 0 Å². The van der Waals surface area contributed by atoms with Crippen LogP contribution in [0.3, 0.4) is 0 Å². The third-order valence-electron chi connectivity index (χ3n) is 4.38. The molecule has 12 heteroatoms. The van der Waals surface area contributed by atoms with Crippen molar-refractivity contribution >= 4 is 23.5 Å². The van der Waals surface area contributed by atoms with E-state index in [4.69, 9.17) is 49.4 Å². The highest BCUT2D eigenvalue weighted by atomic mass is 31.2. The molecule has 2 rings (SSSR count). The van der Waals surface area contributed by atoms with E-state index >= 15 is 0 Å². The first kappa shape index (κ1) is 24.3. The molecule has 9 nitrogen and oxygen atoms in total. The molecule has 0 bridgehead atoms. The fourth-order valence-electron chi connectivity index (χ4n) is 3.10. The number of nitrogens with two attached hydrogens (primary N) is 1. The maximum absolute atomic E-state index is 12.5. The lowest BCUT2D eigenvalue weighted by molar-refractivity contribution is -0.0651. The molecule has 2 aliphatic heterocycles. The van der Waals surface area contributed by atoms with E-state index in [0.29, 0.717) is 6.42 Å². The van der Waals surface area contributed by atoms with Crippen LogP contribution in [0.25, 0.3) is 0 Å². The lowest BCUT2D eigenvalue weighted by Crippen LogP contribution is -2.43. The first-order valence-corrected chi connectivity index (χ1v) is 11.0. The number of phosphoric acid groups is 1. The molecule has 0 aromatic heterocycles. The fraction of sp³-hybridized carbons (Fsp3) is 1.00. The first-order valence-electron chi connectivity index (χ1n) is 9.49. The van der Waals surface area contributed by atoms with Gasteiger partial charge >= 0.3 is 7.82 Å². The number of ether oxygens (including phenoxy) is 4. The maximum Gasteiger partial charge on any atom is 0.472 e. The summed E-state index contributed by atoms with van der Waals surface area (Å²) in [5, 5.41) is 0. The molecule has 4 radical (unpaired) electrons. The summed E-state index contributed by atoms with van der Waals surface area (Å²) < 4.78 is 45.1. The highest BCUT2D eigenvalue weighted by molar-refractivity contribution is 7.47. The average molecular weight is 417 g/mol. The second-order valence-electron chi connectivity index (χ2n) is 7.60. The van der Waals surface area contributed by atoms with Gasteiger partial charge in [-0.05, 0) is 34.1 Å². The van der Waals surface area contributed by atoms with Gasteiger partial charge in [-0.2, -0.15) is 0 Å². The van der Waals surface area contributed by atoms with Crippen molar-refractivity contribution in [2.24, 2.45) is 5.73 Å². The minimum atomic E-state index is -4.47. The summed E-state index contributed by atoms with van der Waals surface area (Å²) in [6.45, 7) is 7.37. The lowest BCUT2D eigenvalue weighted by atomic mass is 9.91. The third-order valence-corrected chi connectivity index (χ3v) is 5.37. The first-order chi connectivity index (χ1) is 13.0. The average Bonchev–Trinajstić information content (AvgIpc) is 3.04. The Labute approximate surface area is 169 Å². The van der Waals surface area contributed by atoms with Crippen molar-refractivity contribution in [3.05, 3.63) is 0 Å². The van der Waals surface area contributed by atoms with E-state index in [1.807, 2.05) is 27.7 Å². The Morgan fingerprint density at radius 1 is 1.14 bits per heavy atom. The molecule has 0 aliphatic carbocycles. The highest BCUT2D eigenvalue weighted by Gasteiger charge is 2.45. The van der Waals surface area contributed by atoms with Crippen molar-refractivity contribution in [1.82, 2.24) is 0 Å². The zero-order chi connectivity index (χ0) is 21.1. The van der Waals surface area contributed by atoms with Crippen LogP contribution in [0.2, 0.25) is 0 Å². The summed E-state index contributed by atoms with van der Waals surface area (Å²) >= 11 is 0. The Balaban J connectivity index is 1.93. The van der Waals surface area contributed by atoms with E-state index in [1.54, 1.807) is 0 Å². The van der Waals surface area contributed by atoms with Crippen molar-refractivity contribution in [1.29, 1.82) is 0 Å². The van der Waals surface area contributed by atoms with Gasteiger partial charge in [0, 0.05) is 12.0 Å². The quantitative estimate of drug-likeness (QED) is 0.380. The maximum atomic E-state index is 12.5. The van der Waals surface area contributed by atoms with Gasteiger partial charge in [0.1, 0.15) is 34.0 Å². The predicted molar refractivity (Wildman–Crippen MR) is 103 cm³/mol. The summed E-state index contributed by atoms with van der Waals surface area (Å²) in [6, 6.07) is -2.17. The van der Waals surface area contributed by atoms with E-state index in [2.05, 4.69) is 0 Å². The SMILES string of the molecule is [B][C@@H]1O[C@H](COC(C)C)C(OP(=O)(O)OC[C@H]2O[C@@H]([B])CC2OC(C)C)C1N. The molecule has 0 aromatic carbocycles. The Kier molecular flexibility index (Phi) is 9.01. The summed E-state index contributed by atoms with van der Waals surface area (Å²) in [7, 11) is 7.11. The molecular formula is C16H30B2NO8P. The number of rotatable bonds is 10. The zero-order valence-corrected chi connectivity index (χ0v) is 17.7. The summed E-state index contributed by atoms with van der Waals surface area (Å²) in [5.74, 6) is 0. The van der Waals surface area contributed by atoms with Crippen LogP contribution in [-0.4, -0.2) is 88.5 Å². The van der Waals surface area contributed by atoms with Gasteiger partial charge in [0.2, 0.25) is 0 Å². The Morgan fingerprint density at radius 2 is 1.82 bits per heavy atom. The molecule has 28 heavy (non-hydrogen) atoms. The Bertz CT molecular complexity index is 543. The van der Waals surface area contributed by atoms with E-state index in [-0.39, 0.29) is 31.5 Å². The highest BCUT2D eigenvalue weighted by Crippen LogP contribution is 2.47. The monoisotopic (exact) mass is 417 g/mol. The minimum absolute atomic E-state index is 0.0459. The van der Waals surface area contributed by atoms with Crippen molar-refractivity contribution in [3.63, 3.8) is 0 Å². The number of phosphoric ester groups is 1. The third kappa shape index (κ3) is 7.07. The molecule has 2 fully saturated rings. The molecule has 158 valence electrons. The van der Waals surface area contributed by atoms with Crippen LogP contribution in [0, 0.1) is 0 Å². The van der Waals surface area contributed by atoms with Crippen LogP contribution >= 0.6 is 7.82 Å². The van der Waals surface area contributed by atoms with E-state index in [1.165, 1.54) is 0 Å². The number of hydrogen-bond donors (Lipinski definition) is 2. The Hall–Kier alpha value is 0.0399. The van der Waals surface area contributed by atoms with Crippen molar-refractivity contribution in [3.8, 4) is 0 Å². The second-order valence-corrected chi connectivity index (χ2v) is 9.01. The van der Waals surface area contributed by atoms with E-state index in [9.17, 15) is 9.46 Å². The van der Waals surface area contributed by atoms with Crippen molar-refractivity contribution in [2.45, 2.75) is 88.8 Å². The Morgan fingerprint density at radius 3 is 2.43 bits per heavy atom. The van der Waals surface area contributed by atoms with Crippen LogP contribution in [0.5, 0.6) is 0 Å². The molecule has 2 heterocycles. The van der Waals surface area contributed by atoms with E-state index in [0.717, 1.165) is 0 Å². The molecule has 3 N–H and O–H groups in total. The molecule has 2 saturated heterocycles. The van der Waals surface area contributed by atoms with Gasteiger partial charge in [-0.15, -0.1) is 0 Å². The molecule has 0 saturated carbocycles. The van der Waals surface area contributed by atoms with Crippen LogP contribution in [0.1, 0.15) is 34.1 Å². The molecule has 2 aliphatic rings. The molecule has 8 atom stereocenters. The molecule has 4 unspecified atom stereocenters. The largest absolute Gasteiger partial charge is 0.472 e. The van der Waals surface area contributed by atoms with Crippen LogP contribution < -0.4 is 5.73 Å². The van der Waals surface area contributed by atoms with Crippen molar-refractivity contribution in [2.75, 3.05) is 13.2 Å². The summed E-state index contributed by atoms with van der Waals surface area (Å²) in [4.78, 5) is 10.2. The second kappa shape index (κ2) is 10.4. The minimum Gasteiger partial charge on any atom is -0.380 e. The van der Waals surface area contributed by atoms with Crippen LogP contribution in [0.15, 0.2) is 0 Å². The van der Waals surface area contributed by atoms with Gasteiger partial charge < -0.3 is 29.6 Å². The lowest BCUT2D eigenvalue weighted by Gasteiger charge is -2.26. The molecule has 0 amide bonds. The fourth-order valence-corrected chi connectivity index (χ4v) is 4.08. The molecule has 0 aromatic rings. The van der Waals surface area contributed by atoms with Crippen LogP contribution in [0.4, 0.5) is 0 Å². The number of hydrogen-bond acceptors (Lipinski definition) is 8. The van der Waals surface area contributed by atoms with Gasteiger partial charge in [-0.3, -0.25) is 9.05 Å². The van der Waals surface area contributed by atoms with Crippen LogP contribution in [-0.2, 0) is 32.6 Å². The van der Waals surface area contributed by atoms with Crippen molar-refractivity contribution < 1.29 is 37.5 Å². The van der Waals surface area contributed by atoms with Gasteiger partial charge in [-0.25, -0.2) is 4.57 Å². The van der Waals surface area contributed by atoms with Gasteiger partial charge in [0.15, 0.2) is 0 Å². The van der Waals surface area contributed by atoms with E-state index < -0.39 is 44.2 Å². The zero-order valence-electron chi connectivity index (χ0n) is 16.8. The topological polar surface area (TPSA) is 119 Å². The molecule has 0 spiro atoms. The standard InChI is InChI=1S/C16H30B2NO8P/c1-8(2)22-6-12-15(14(19)16(18)26-12)27-28(20,21)23-7-11-10(24-9(3)4)5-13(17)25-11/h8-16H,5-7,19H2,1-4H3,(H,20,21)/t10?,11-,12-,13-,14?,15?,16-/m1/s1. The normalized spacial score (nSPS) is 38.4. The predicted octanol–water partition coefficient (Wildman–Crippen LogP) is 0.211. The smallest absolute Gasteiger partial charge is 0.380 e. The summed E-state index contributed by atoms with van der Waals surface area (Å²) in [5.41, 5.74) is 5.96. The van der Waals surface area contributed by atoms with Gasteiger partial charge in [0.25, 0.3) is 0 Å². The summed E-state index contributed by atoms with van der Waals surface area (Å²) in [6.07, 6.45) is -2.21. The van der Waals surface area contributed by atoms with Gasteiger partial charge in [0.05, 0.1) is 37.6 Å².